The summed E-state index contributed by atoms with van der Waals surface area (Å²) in [4.78, 5) is 10.9. The maximum atomic E-state index is 10.9. The van der Waals surface area contributed by atoms with E-state index >= 15 is 0 Å². The molecule has 5 nitrogen and oxygen atoms in total. The van der Waals surface area contributed by atoms with E-state index in [0.29, 0.717) is 29.1 Å². The van der Waals surface area contributed by atoms with Crippen molar-refractivity contribution < 1.29 is 23.8 Å². The Hall–Kier alpha value is -2.17. The summed E-state index contributed by atoms with van der Waals surface area (Å²) >= 11 is 0. The first-order chi connectivity index (χ1) is 8.20. The van der Waals surface area contributed by atoms with E-state index < -0.39 is 5.97 Å². The Balaban J connectivity index is 2.32. The van der Waals surface area contributed by atoms with E-state index in [1.807, 2.05) is 0 Å². The molecule has 0 unspecified atom stereocenters. The Morgan fingerprint density at radius 2 is 2.29 bits per heavy atom. The fraction of sp³-hybridized carbons (Fsp3) is 0.250. The molecule has 1 N–H and O–H groups in total. The topological polar surface area (TPSA) is 68.9 Å². The molecule has 3 rings (SSSR count). The van der Waals surface area contributed by atoms with Crippen LogP contribution in [0.2, 0.25) is 0 Å². The zero-order valence-corrected chi connectivity index (χ0v) is 9.15. The fourth-order valence-corrected chi connectivity index (χ4v) is 2.14. The maximum absolute atomic E-state index is 10.9. The van der Waals surface area contributed by atoms with Crippen LogP contribution in [-0.4, -0.2) is 24.8 Å². The Labute approximate surface area is 96.5 Å². The summed E-state index contributed by atoms with van der Waals surface area (Å²) in [6, 6.07) is 3.20. The smallest absolute Gasteiger partial charge is 0.371 e. The molecule has 0 bridgehead atoms. The second-order valence-corrected chi connectivity index (χ2v) is 3.81. The molecule has 0 fully saturated rings. The minimum Gasteiger partial charge on any atom is -0.496 e. The molecule has 2 heterocycles. The monoisotopic (exact) mass is 234 g/mol. The van der Waals surface area contributed by atoms with E-state index in [1.165, 1.54) is 6.07 Å². The van der Waals surface area contributed by atoms with Crippen molar-refractivity contribution in [1.29, 1.82) is 0 Å². The van der Waals surface area contributed by atoms with Gasteiger partial charge in [-0.2, -0.15) is 0 Å². The Kier molecular flexibility index (Phi) is 2.01. The van der Waals surface area contributed by atoms with Crippen molar-refractivity contribution in [3.63, 3.8) is 0 Å². The molecule has 1 aliphatic rings. The highest BCUT2D eigenvalue weighted by Crippen LogP contribution is 2.41. The lowest BCUT2D eigenvalue weighted by atomic mass is 10.1. The van der Waals surface area contributed by atoms with Gasteiger partial charge in [-0.3, -0.25) is 0 Å². The van der Waals surface area contributed by atoms with E-state index in [2.05, 4.69) is 0 Å². The van der Waals surface area contributed by atoms with Gasteiger partial charge in [0.1, 0.15) is 17.1 Å². The molecule has 0 amide bonds. The van der Waals surface area contributed by atoms with Gasteiger partial charge in [-0.1, -0.05) is 0 Å². The first-order valence-corrected chi connectivity index (χ1v) is 5.20. The molecule has 0 saturated carbocycles. The molecule has 1 aromatic heterocycles. The molecule has 17 heavy (non-hydrogen) atoms. The van der Waals surface area contributed by atoms with Crippen LogP contribution in [0.5, 0.6) is 11.5 Å². The van der Waals surface area contributed by atoms with Gasteiger partial charge < -0.3 is 19.0 Å². The number of fused-ring (bicyclic) bond motifs is 2. The number of carbonyl (C=O) groups is 1. The van der Waals surface area contributed by atoms with Crippen LogP contribution >= 0.6 is 0 Å². The molecular weight excluding hydrogens is 224 g/mol. The zero-order valence-electron chi connectivity index (χ0n) is 9.15. The number of methoxy groups -OCH3 is 1. The molecule has 1 aromatic carbocycles. The molecule has 2 aromatic rings. The molecule has 88 valence electrons. The van der Waals surface area contributed by atoms with Gasteiger partial charge in [0.25, 0.3) is 0 Å². The Morgan fingerprint density at radius 3 is 3.00 bits per heavy atom. The lowest BCUT2D eigenvalue weighted by Crippen LogP contribution is -1.91. The van der Waals surface area contributed by atoms with Gasteiger partial charge in [0.2, 0.25) is 5.76 Å². The number of hydrogen-bond acceptors (Lipinski definition) is 4. The number of ether oxygens (including phenoxy) is 2. The third-order valence-electron chi connectivity index (χ3n) is 2.86. The zero-order chi connectivity index (χ0) is 12.0. The second-order valence-electron chi connectivity index (χ2n) is 3.81. The van der Waals surface area contributed by atoms with Crippen LogP contribution in [-0.2, 0) is 6.42 Å². The lowest BCUT2D eigenvalue weighted by Gasteiger charge is -2.06. The number of hydrogen-bond donors (Lipinski definition) is 1. The van der Waals surface area contributed by atoms with Gasteiger partial charge in [0.15, 0.2) is 0 Å². The lowest BCUT2D eigenvalue weighted by molar-refractivity contribution is 0.0665. The molecule has 0 radical (unpaired) electrons. The summed E-state index contributed by atoms with van der Waals surface area (Å²) in [5.41, 5.74) is 1.44. The predicted molar refractivity (Wildman–Crippen MR) is 58.9 cm³/mol. The van der Waals surface area contributed by atoms with Crippen LogP contribution in [0.15, 0.2) is 16.5 Å². The van der Waals surface area contributed by atoms with Crippen LogP contribution < -0.4 is 9.47 Å². The van der Waals surface area contributed by atoms with Gasteiger partial charge in [-0.05, 0) is 0 Å². The van der Waals surface area contributed by atoms with Crippen molar-refractivity contribution in [1.82, 2.24) is 0 Å². The van der Waals surface area contributed by atoms with Crippen molar-refractivity contribution in [2.75, 3.05) is 13.7 Å². The van der Waals surface area contributed by atoms with Crippen molar-refractivity contribution in [3.05, 3.63) is 23.5 Å². The molecular formula is C12H10O5. The summed E-state index contributed by atoms with van der Waals surface area (Å²) in [6.07, 6.45) is 0.766. The first-order valence-electron chi connectivity index (χ1n) is 5.20. The van der Waals surface area contributed by atoms with E-state index in [4.69, 9.17) is 19.0 Å². The summed E-state index contributed by atoms with van der Waals surface area (Å²) in [7, 11) is 1.56. The minimum atomic E-state index is -1.09. The van der Waals surface area contributed by atoms with Crippen LogP contribution in [0.4, 0.5) is 0 Å². The van der Waals surface area contributed by atoms with Crippen LogP contribution in [0.3, 0.4) is 0 Å². The number of furan rings is 1. The molecule has 0 aliphatic carbocycles. The maximum Gasteiger partial charge on any atom is 0.371 e. The minimum absolute atomic E-state index is 0.0954. The number of rotatable bonds is 2. The highest BCUT2D eigenvalue weighted by molar-refractivity contribution is 5.95. The predicted octanol–water partition coefficient (Wildman–Crippen LogP) is 2.07. The first kappa shape index (κ1) is 10.0. The quantitative estimate of drug-likeness (QED) is 0.861. The number of carboxylic acids is 1. The average Bonchev–Trinajstić information content (AvgIpc) is 2.90. The van der Waals surface area contributed by atoms with E-state index in [1.54, 1.807) is 13.2 Å². The van der Waals surface area contributed by atoms with Crippen molar-refractivity contribution in [3.8, 4) is 11.5 Å². The van der Waals surface area contributed by atoms with Crippen molar-refractivity contribution >= 4 is 16.9 Å². The average molecular weight is 234 g/mol. The van der Waals surface area contributed by atoms with Gasteiger partial charge in [-0.25, -0.2) is 4.79 Å². The third-order valence-corrected chi connectivity index (χ3v) is 2.86. The van der Waals surface area contributed by atoms with Gasteiger partial charge in [0, 0.05) is 24.1 Å². The molecule has 0 spiro atoms. The number of aromatic carboxylic acids is 1. The van der Waals surface area contributed by atoms with Gasteiger partial charge in [0.05, 0.1) is 19.1 Å². The fourth-order valence-electron chi connectivity index (χ4n) is 2.14. The summed E-state index contributed by atoms with van der Waals surface area (Å²) in [5.74, 6) is 0.165. The van der Waals surface area contributed by atoms with E-state index in [9.17, 15) is 4.79 Å². The highest BCUT2D eigenvalue weighted by Gasteiger charge is 2.23. The SMILES string of the molecule is COc1c2c(cc3oc(C(=O)O)cc13)OCC2. The van der Waals surface area contributed by atoms with Crippen molar-refractivity contribution in [2.45, 2.75) is 6.42 Å². The largest absolute Gasteiger partial charge is 0.496 e. The Morgan fingerprint density at radius 1 is 1.47 bits per heavy atom. The number of benzene rings is 1. The van der Waals surface area contributed by atoms with E-state index in [0.717, 1.165) is 12.0 Å². The third kappa shape index (κ3) is 1.35. The van der Waals surface area contributed by atoms with Gasteiger partial charge >= 0.3 is 5.97 Å². The normalized spacial score (nSPS) is 13.5. The molecule has 0 atom stereocenters. The molecule has 1 aliphatic heterocycles. The highest BCUT2D eigenvalue weighted by atomic mass is 16.5. The number of carboxylic acid groups (broad SMARTS) is 1. The standard InChI is InChI=1S/C12H10O5/c1-15-11-6-2-3-16-8(6)5-9-7(11)4-10(17-9)12(13)14/h4-5H,2-3H2,1H3,(H,13,14). The Bertz CT molecular complexity index is 611. The summed E-state index contributed by atoms with van der Waals surface area (Å²) in [5, 5.41) is 9.57. The molecule has 0 saturated heterocycles. The van der Waals surface area contributed by atoms with Gasteiger partial charge in [-0.15, -0.1) is 0 Å². The van der Waals surface area contributed by atoms with Crippen LogP contribution in [0.25, 0.3) is 11.0 Å². The summed E-state index contributed by atoms with van der Waals surface area (Å²) in [6.45, 7) is 0.615. The van der Waals surface area contributed by atoms with E-state index in [-0.39, 0.29) is 5.76 Å². The van der Waals surface area contributed by atoms with Crippen LogP contribution in [0.1, 0.15) is 16.1 Å². The van der Waals surface area contributed by atoms with Crippen molar-refractivity contribution in [2.24, 2.45) is 0 Å². The second kappa shape index (κ2) is 3.41. The summed E-state index contributed by atoms with van der Waals surface area (Å²) < 4.78 is 16.0. The van der Waals surface area contributed by atoms with Crippen LogP contribution in [0, 0.1) is 0 Å². The molecule has 5 heteroatoms.